The number of ketones is 3. The first-order chi connectivity index (χ1) is 40.2. The molecule has 1 aliphatic carbocycles. The van der Waals surface area contributed by atoms with Gasteiger partial charge in [0.05, 0.1) is 69.7 Å². The number of fused-ring (bicyclic) bond motifs is 3. The second-order valence-corrected chi connectivity index (χ2v) is 24.1. The molecule has 1 aromatic rings. The fraction of sp³-hybridized carbons (Fsp3) is 0.766. The third kappa shape index (κ3) is 21.2. The molecule has 20 nitrogen and oxygen atoms in total. The van der Waals surface area contributed by atoms with Gasteiger partial charge in [-0.05, 0) is 126 Å². The first kappa shape index (κ1) is 70.4. The Bertz CT molecular complexity index is 2340. The summed E-state index contributed by atoms with van der Waals surface area (Å²) in [5.41, 5.74) is 2.18. The molecule has 2 bridgehead atoms. The van der Waals surface area contributed by atoms with Crippen molar-refractivity contribution in [1.29, 1.82) is 0 Å². The van der Waals surface area contributed by atoms with Crippen molar-refractivity contribution >= 4 is 29.2 Å². The molecule has 2 N–H and O–H groups in total. The van der Waals surface area contributed by atoms with Gasteiger partial charge in [-0.1, -0.05) is 76.3 Å². The van der Waals surface area contributed by atoms with Gasteiger partial charge in [-0.15, -0.1) is 5.10 Å². The summed E-state index contributed by atoms with van der Waals surface area (Å²) in [7, 11) is 6.30. The second-order valence-electron chi connectivity index (χ2n) is 24.1. The van der Waals surface area contributed by atoms with Gasteiger partial charge in [0.25, 0.3) is 11.7 Å². The molecule has 0 radical (unpaired) electrons. The number of carbonyl (C=O) groups is 5. The lowest BCUT2D eigenvalue weighted by Crippen LogP contribution is -2.61. The van der Waals surface area contributed by atoms with Crippen LogP contribution in [0.1, 0.15) is 144 Å². The molecule has 2 saturated heterocycles. The first-order valence-electron chi connectivity index (χ1n) is 30.9. The van der Waals surface area contributed by atoms with Crippen molar-refractivity contribution in [3.05, 3.63) is 59.5 Å². The van der Waals surface area contributed by atoms with Crippen LogP contribution < -0.4 is 0 Å². The van der Waals surface area contributed by atoms with E-state index < -0.39 is 77.8 Å². The maximum Gasteiger partial charge on any atom is 0.329 e. The topological polar surface area (TPSA) is 243 Å². The van der Waals surface area contributed by atoms with Crippen LogP contribution in [0, 0.1) is 35.5 Å². The Hall–Kier alpha value is -4.35. The van der Waals surface area contributed by atoms with Crippen molar-refractivity contribution in [2.24, 2.45) is 35.5 Å². The molecule has 1 saturated carbocycles. The number of esters is 1. The maximum absolute atomic E-state index is 14.7. The molecule has 84 heavy (non-hydrogen) atoms. The number of hydrogen-bond acceptors (Lipinski definition) is 18. The van der Waals surface area contributed by atoms with E-state index in [4.69, 9.17) is 42.6 Å². The first-order valence-corrected chi connectivity index (χ1v) is 30.9. The lowest BCUT2D eigenvalue weighted by atomic mass is 9.78. The zero-order valence-corrected chi connectivity index (χ0v) is 52.3. The fourth-order valence-corrected chi connectivity index (χ4v) is 12.1. The summed E-state index contributed by atoms with van der Waals surface area (Å²) in [5, 5.41) is 32.2. The third-order valence-corrected chi connectivity index (χ3v) is 17.5. The zero-order valence-electron chi connectivity index (χ0n) is 52.3. The van der Waals surface area contributed by atoms with Crippen molar-refractivity contribution in [2.75, 3.05) is 74.6 Å². The number of Topliss-reactive ketones (excluding diaryl/α,β-unsaturated/α-hetero) is 3. The highest BCUT2D eigenvalue weighted by Crippen LogP contribution is 2.38. The van der Waals surface area contributed by atoms with Crippen LogP contribution in [0.2, 0.25) is 0 Å². The van der Waals surface area contributed by atoms with E-state index in [-0.39, 0.29) is 60.9 Å². The van der Waals surface area contributed by atoms with E-state index in [0.717, 1.165) is 43.4 Å². The molecule has 20 heteroatoms. The number of piperidine rings is 1. The minimum atomic E-state index is -2.44. The standard InChI is InChI=1S/C64H102N4O16/c1-42-19-13-12-14-20-43(2)55(77-9)39-51-25-23-48(7)64(75,84-51)61(72)62(73)68-27-17-15-22-52(68)63(74)83-56(40-53(69)44(3)36-47(6)59(71)60(79-11)58(70)46(5)35-42)45(4)37-49-24-26-54(57(38-49)78-10)82-29-18-16-21-50-41-67(66-65-50)28-30-80-33-34-81-32-31-76-8/h12-14,19-20,36,41-42,44-46,48-49,51-52,54-57,59-60,71,75H,15-18,21-35,37-40H2,1-11H3/b14-12+,19-13+,43-20+,47-36+/t42-,44-,45-,46-,48-,49+,51+,52+,54-,55+,56+,57-,59-,60+,64-/m1/s1. The van der Waals surface area contributed by atoms with Gasteiger partial charge in [-0.25, -0.2) is 9.48 Å². The number of nitrogens with zero attached hydrogens (tertiary/aromatic N) is 4. The third-order valence-electron chi connectivity index (χ3n) is 17.5. The number of rotatable bonds is 21. The second kappa shape index (κ2) is 36.1. The number of aryl methyl sites for hydroxylation is 1. The van der Waals surface area contributed by atoms with Gasteiger partial charge < -0.3 is 57.7 Å². The molecule has 1 amide bonds. The van der Waals surface area contributed by atoms with Crippen LogP contribution in [0.3, 0.4) is 0 Å². The highest BCUT2D eigenvalue weighted by atomic mass is 16.6. The number of unbranched alkanes of at least 4 members (excludes halogenated alkanes) is 1. The molecule has 4 heterocycles. The van der Waals surface area contributed by atoms with Crippen LogP contribution in [-0.4, -0.2) is 189 Å². The Morgan fingerprint density at radius 2 is 1.55 bits per heavy atom. The van der Waals surface area contributed by atoms with Crippen molar-refractivity contribution in [3.8, 4) is 0 Å². The zero-order chi connectivity index (χ0) is 61.3. The molecular formula is C64H102N4O16. The lowest BCUT2D eigenvalue weighted by molar-refractivity contribution is -0.265. The minimum absolute atomic E-state index is 0.00895. The van der Waals surface area contributed by atoms with E-state index >= 15 is 0 Å². The van der Waals surface area contributed by atoms with E-state index in [2.05, 4.69) is 10.3 Å². The molecule has 0 aromatic carbocycles. The summed E-state index contributed by atoms with van der Waals surface area (Å²) in [6, 6.07) is -1.15. The van der Waals surface area contributed by atoms with E-state index in [1.54, 1.807) is 52.9 Å². The van der Waals surface area contributed by atoms with Crippen LogP contribution >= 0.6 is 0 Å². The number of aromatic nitrogens is 3. The molecule has 0 spiro atoms. The highest BCUT2D eigenvalue weighted by Gasteiger charge is 2.53. The van der Waals surface area contributed by atoms with Crippen molar-refractivity contribution in [3.63, 3.8) is 0 Å². The quantitative estimate of drug-likeness (QED) is 0.0524. The largest absolute Gasteiger partial charge is 0.460 e. The molecule has 0 unspecified atom stereocenters. The number of methoxy groups -OCH3 is 4. The number of ether oxygens (including phenoxy) is 9. The number of cyclic esters (lactones) is 1. The monoisotopic (exact) mass is 1180 g/mol. The van der Waals surface area contributed by atoms with Gasteiger partial charge in [0.1, 0.15) is 30.1 Å². The average molecular weight is 1180 g/mol. The number of carbonyl (C=O) groups excluding carboxylic acids is 5. The molecule has 15 atom stereocenters. The minimum Gasteiger partial charge on any atom is -0.460 e. The van der Waals surface area contributed by atoms with E-state index in [9.17, 15) is 34.2 Å². The predicted octanol–water partition coefficient (Wildman–Crippen LogP) is 7.50. The Balaban J connectivity index is 1.30. The van der Waals surface area contributed by atoms with E-state index in [1.165, 1.54) is 12.0 Å². The average Bonchev–Trinajstić information content (AvgIpc) is 2.14. The number of allylic oxidation sites excluding steroid dienone is 6. The van der Waals surface area contributed by atoms with Gasteiger partial charge in [0, 0.05) is 78.4 Å². The Kier molecular flexibility index (Phi) is 30.2. The highest BCUT2D eigenvalue weighted by molar-refractivity contribution is 6.39. The van der Waals surface area contributed by atoms with Gasteiger partial charge in [0.2, 0.25) is 5.79 Å². The van der Waals surface area contributed by atoms with E-state index in [1.807, 2.05) is 64.3 Å². The van der Waals surface area contributed by atoms with Gasteiger partial charge in [-0.2, -0.15) is 0 Å². The fourth-order valence-electron chi connectivity index (χ4n) is 12.1. The normalized spacial score (nSPS) is 34.0. The van der Waals surface area contributed by atoms with Crippen LogP contribution in [0.5, 0.6) is 0 Å². The summed E-state index contributed by atoms with van der Waals surface area (Å²) in [6.45, 7) is 16.6. The van der Waals surface area contributed by atoms with Gasteiger partial charge in [0.15, 0.2) is 5.78 Å². The van der Waals surface area contributed by atoms with Gasteiger partial charge >= 0.3 is 5.97 Å². The smallest absolute Gasteiger partial charge is 0.329 e. The van der Waals surface area contributed by atoms with Gasteiger partial charge in [-0.3, -0.25) is 19.2 Å². The van der Waals surface area contributed by atoms with Crippen LogP contribution in [0.25, 0.3) is 0 Å². The maximum atomic E-state index is 14.7. The molecule has 3 aliphatic heterocycles. The summed E-state index contributed by atoms with van der Waals surface area (Å²) >= 11 is 0. The van der Waals surface area contributed by atoms with Crippen LogP contribution in [0.4, 0.5) is 0 Å². The van der Waals surface area contributed by atoms with E-state index in [0.29, 0.717) is 103 Å². The molecular weight excluding hydrogens is 1080 g/mol. The Morgan fingerprint density at radius 1 is 0.798 bits per heavy atom. The summed E-state index contributed by atoms with van der Waals surface area (Å²) in [4.78, 5) is 73.0. The predicted molar refractivity (Wildman–Crippen MR) is 315 cm³/mol. The molecule has 5 rings (SSSR count). The number of aliphatic hydroxyl groups is 2. The summed E-state index contributed by atoms with van der Waals surface area (Å²) < 4.78 is 54.4. The summed E-state index contributed by atoms with van der Waals surface area (Å²) in [6.07, 6.45) is 16.6. The Labute approximate surface area is 499 Å². The van der Waals surface area contributed by atoms with Crippen molar-refractivity contribution in [1.82, 2.24) is 19.9 Å². The molecule has 1 aromatic heterocycles. The molecule has 474 valence electrons. The van der Waals surface area contributed by atoms with Crippen molar-refractivity contribution in [2.45, 2.75) is 206 Å². The molecule has 4 aliphatic rings. The Morgan fingerprint density at radius 3 is 2.27 bits per heavy atom. The SMILES string of the molecule is COCCOCCOCCn1cc(CCCCO[C@@H]2CC[C@@H](C[C@@H](C)[C@@H]3CC(=O)[C@H](C)/C=C(\C)[C@@H](O)[C@@H](OC)C(=O)[C@H](C)C[C@H](C)/C=C/C=C/C=C(\C)[C@@H](OC)C[C@@H]4CC[C@@H](C)[C@@](O)(O4)C(=O)C(=O)N4CCCC[C@H]4C(=O)O3)C[C@H]2OC)nn1. The number of aliphatic hydroxyl groups excluding tert-OH is 1. The van der Waals surface area contributed by atoms with Crippen molar-refractivity contribution < 1.29 is 76.8 Å². The lowest BCUT2D eigenvalue weighted by Gasteiger charge is -2.42. The summed E-state index contributed by atoms with van der Waals surface area (Å²) in [5.74, 6) is -7.99. The number of amides is 1. The number of hydrogen-bond donors (Lipinski definition) is 2. The van der Waals surface area contributed by atoms with Crippen LogP contribution in [-0.2, 0) is 79.6 Å². The molecule has 3 fully saturated rings. The van der Waals surface area contributed by atoms with Crippen LogP contribution in [0.15, 0.2) is 53.8 Å².